The molecule has 0 aliphatic heterocycles. The number of nitrogens with two attached hydrogens (primary N) is 1. The van der Waals surface area contributed by atoms with Gasteiger partial charge in [-0.15, -0.1) is 12.4 Å². The van der Waals surface area contributed by atoms with Gasteiger partial charge in [0.2, 0.25) is 0 Å². The van der Waals surface area contributed by atoms with Crippen molar-refractivity contribution in [2.45, 2.75) is 58.2 Å². The molecule has 0 spiro atoms. The number of esters is 1. The lowest BCUT2D eigenvalue weighted by Gasteiger charge is -2.23. The number of methoxy groups -OCH3 is 1. The van der Waals surface area contributed by atoms with Gasteiger partial charge >= 0.3 is 5.97 Å². The zero-order valence-corrected chi connectivity index (χ0v) is 28.4. The molecule has 0 heterocycles. The number of para-hydroxylation sites is 2. The molecular weight excluding hydrogens is 657 g/mol. The van der Waals surface area contributed by atoms with Crippen molar-refractivity contribution in [3.63, 3.8) is 0 Å². The van der Waals surface area contributed by atoms with Gasteiger partial charge in [-0.2, -0.15) is 0 Å². The van der Waals surface area contributed by atoms with Crippen LogP contribution in [0.1, 0.15) is 63.2 Å². The Balaban J connectivity index is 0.000000328. The highest BCUT2D eigenvalue weighted by atomic mass is 35.5. The molecular formula is C35H39Cl3F2N2O4. The summed E-state index contributed by atoms with van der Waals surface area (Å²) in [6.07, 6.45) is 1.48. The second-order valence-electron chi connectivity index (χ2n) is 10.2. The third kappa shape index (κ3) is 10.9. The zero-order valence-electron chi connectivity index (χ0n) is 26.1. The highest BCUT2D eigenvalue weighted by Gasteiger charge is 2.23. The molecule has 0 saturated carbocycles. The first kappa shape index (κ1) is 38.8. The molecule has 0 unspecified atom stereocenters. The van der Waals surface area contributed by atoms with Crippen LogP contribution >= 0.6 is 35.6 Å². The number of rotatable bonds is 12. The summed E-state index contributed by atoms with van der Waals surface area (Å²) in [6.45, 7) is 5.69. The van der Waals surface area contributed by atoms with Crippen molar-refractivity contribution < 1.29 is 27.8 Å². The lowest BCUT2D eigenvalue weighted by Crippen LogP contribution is -2.33. The lowest BCUT2D eigenvalue weighted by atomic mass is 10.0. The smallest absolute Gasteiger partial charge is 0.307 e. The number of benzene rings is 4. The van der Waals surface area contributed by atoms with E-state index < -0.39 is 11.6 Å². The van der Waals surface area contributed by atoms with E-state index >= 15 is 4.39 Å². The molecule has 0 radical (unpaired) electrons. The normalized spacial score (nSPS) is 12.5. The van der Waals surface area contributed by atoms with E-state index in [9.17, 15) is 9.18 Å². The van der Waals surface area contributed by atoms with E-state index in [2.05, 4.69) is 10.1 Å². The first-order valence-electron chi connectivity index (χ1n) is 14.6. The fourth-order valence-corrected chi connectivity index (χ4v) is 4.80. The molecule has 4 rings (SSSR count). The highest BCUT2D eigenvalue weighted by molar-refractivity contribution is 6.32. The average Bonchev–Trinajstić information content (AvgIpc) is 3.05. The standard InChI is InChI=1S/C20H23ClFNO3.C15H15ClFNO.ClH/c1-4-17(23-13(2)12-18(24)25-3)15-10-11-16(21)20(19(15)22)26-14-8-6-5-7-9-14;1-2-13(18)11-8-9-12(16)15(14(11)17)19-10-6-4-3-5-7-10;/h5-11,13,17,23H,4,12H2,1-3H3;3-9,13H,2,18H2,1H3;1H/t13-,17+;13-;/m01./s1. The molecule has 4 aromatic rings. The molecule has 3 N–H and O–H groups in total. The van der Waals surface area contributed by atoms with Crippen LogP contribution in [-0.2, 0) is 9.53 Å². The lowest BCUT2D eigenvalue weighted by molar-refractivity contribution is -0.141. The summed E-state index contributed by atoms with van der Waals surface area (Å²) in [4.78, 5) is 11.4. The SMILES string of the molecule is CC[C@@H](N)c1ccc(Cl)c(Oc2ccccc2)c1F.CC[C@@H](N[C@@H](C)CC(=O)OC)c1ccc(Cl)c(Oc2ccccc2)c1F.Cl. The van der Waals surface area contributed by atoms with E-state index in [1.807, 2.05) is 45.0 Å². The highest BCUT2D eigenvalue weighted by Crippen LogP contribution is 2.37. The van der Waals surface area contributed by atoms with Crippen LogP contribution in [0.2, 0.25) is 10.0 Å². The van der Waals surface area contributed by atoms with Gasteiger partial charge < -0.3 is 25.3 Å². The third-order valence-corrected chi connectivity index (χ3v) is 7.49. The molecule has 0 amide bonds. The first-order valence-corrected chi connectivity index (χ1v) is 15.3. The van der Waals surface area contributed by atoms with Crippen LogP contribution in [0.5, 0.6) is 23.0 Å². The number of hydrogen-bond donors (Lipinski definition) is 2. The molecule has 6 nitrogen and oxygen atoms in total. The Bertz CT molecular complexity index is 1530. The van der Waals surface area contributed by atoms with Gasteiger partial charge in [0, 0.05) is 29.3 Å². The Labute approximate surface area is 285 Å². The van der Waals surface area contributed by atoms with Crippen LogP contribution in [0.25, 0.3) is 0 Å². The molecule has 4 aromatic carbocycles. The van der Waals surface area contributed by atoms with Crippen LogP contribution in [0.15, 0.2) is 84.9 Å². The van der Waals surface area contributed by atoms with Crippen LogP contribution in [0, 0.1) is 11.6 Å². The van der Waals surface area contributed by atoms with Crippen molar-refractivity contribution in [1.29, 1.82) is 0 Å². The van der Waals surface area contributed by atoms with Gasteiger partial charge in [-0.05, 0) is 56.2 Å². The first-order chi connectivity index (χ1) is 21.6. The fraction of sp³-hybridized carbons (Fsp3) is 0.286. The Morgan fingerprint density at radius 3 is 1.67 bits per heavy atom. The maximum absolute atomic E-state index is 15.1. The quantitative estimate of drug-likeness (QED) is 0.144. The Hall–Kier alpha value is -3.40. The Morgan fingerprint density at radius 2 is 1.24 bits per heavy atom. The van der Waals surface area contributed by atoms with Gasteiger partial charge in [0.05, 0.1) is 23.6 Å². The predicted octanol–water partition coefficient (Wildman–Crippen LogP) is 10.4. The zero-order chi connectivity index (χ0) is 32.9. The number of carbonyl (C=O) groups is 1. The van der Waals surface area contributed by atoms with E-state index in [0.717, 1.165) is 0 Å². The average molecular weight is 696 g/mol. The van der Waals surface area contributed by atoms with Crippen molar-refractivity contribution in [2.75, 3.05) is 7.11 Å². The maximum Gasteiger partial charge on any atom is 0.307 e. The van der Waals surface area contributed by atoms with Crippen molar-refractivity contribution in [1.82, 2.24) is 5.32 Å². The van der Waals surface area contributed by atoms with Crippen LogP contribution in [-0.4, -0.2) is 19.1 Å². The molecule has 46 heavy (non-hydrogen) atoms. The summed E-state index contributed by atoms with van der Waals surface area (Å²) in [5.74, 6) is -0.261. The Morgan fingerprint density at radius 1 is 0.783 bits per heavy atom. The summed E-state index contributed by atoms with van der Waals surface area (Å²) in [5, 5.41) is 3.69. The van der Waals surface area contributed by atoms with Crippen molar-refractivity contribution in [3.8, 4) is 23.0 Å². The van der Waals surface area contributed by atoms with Gasteiger partial charge in [-0.3, -0.25) is 4.79 Å². The molecule has 3 atom stereocenters. The molecule has 0 fully saturated rings. The molecule has 248 valence electrons. The summed E-state index contributed by atoms with van der Waals surface area (Å²) in [6, 6.07) is 23.5. The summed E-state index contributed by atoms with van der Waals surface area (Å²) in [5.41, 5.74) is 6.73. The van der Waals surface area contributed by atoms with E-state index in [1.54, 1.807) is 60.7 Å². The maximum atomic E-state index is 15.1. The van der Waals surface area contributed by atoms with Crippen LogP contribution < -0.4 is 20.5 Å². The van der Waals surface area contributed by atoms with Gasteiger partial charge in [0.25, 0.3) is 0 Å². The Kier molecular flexibility index (Phi) is 16.3. The van der Waals surface area contributed by atoms with E-state index in [0.29, 0.717) is 35.5 Å². The van der Waals surface area contributed by atoms with Gasteiger partial charge in [-0.25, -0.2) is 8.78 Å². The molecule has 11 heteroatoms. The van der Waals surface area contributed by atoms with E-state index in [-0.39, 0.29) is 64.5 Å². The van der Waals surface area contributed by atoms with E-state index in [4.69, 9.17) is 38.4 Å². The minimum absolute atomic E-state index is 0. The van der Waals surface area contributed by atoms with Crippen molar-refractivity contribution in [2.24, 2.45) is 5.73 Å². The monoisotopic (exact) mass is 694 g/mol. The second-order valence-corrected chi connectivity index (χ2v) is 11.0. The molecule has 0 aliphatic carbocycles. The molecule has 0 saturated heterocycles. The number of halogens is 5. The molecule has 0 aliphatic rings. The summed E-state index contributed by atoms with van der Waals surface area (Å²) < 4.78 is 45.3. The molecule has 0 aromatic heterocycles. The predicted molar refractivity (Wildman–Crippen MR) is 183 cm³/mol. The summed E-state index contributed by atoms with van der Waals surface area (Å²) in [7, 11) is 1.35. The summed E-state index contributed by atoms with van der Waals surface area (Å²) >= 11 is 12.1. The van der Waals surface area contributed by atoms with Crippen molar-refractivity contribution in [3.05, 3.63) is 118 Å². The number of nitrogens with one attached hydrogen (secondary N) is 1. The topological polar surface area (TPSA) is 82.8 Å². The third-order valence-electron chi connectivity index (χ3n) is 6.89. The van der Waals surface area contributed by atoms with E-state index in [1.165, 1.54) is 7.11 Å². The molecule has 0 bridgehead atoms. The van der Waals surface area contributed by atoms with Crippen molar-refractivity contribution >= 4 is 41.6 Å². The largest absolute Gasteiger partial charge is 0.469 e. The van der Waals surface area contributed by atoms with Gasteiger partial charge in [0.1, 0.15) is 11.5 Å². The number of carbonyl (C=O) groups excluding carboxylic acids is 1. The van der Waals surface area contributed by atoms with Crippen LogP contribution in [0.4, 0.5) is 8.78 Å². The number of ether oxygens (including phenoxy) is 3. The minimum Gasteiger partial charge on any atom is -0.469 e. The van der Waals surface area contributed by atoms with Gasteiger partial charge in [-0.1, -0.05) is 85.6 Å². The van der Waals surface area contributed by atoms with Crippen LogP contribution in [0.3, 0.4) is 0 Å². The van der Waals surface area contributed by atoms with Gasteiger partial charge in [0.15, 0.2) is 23.1 Å². The fourth-order valence-electron chi connectivity index (χ4n) is 4.43. The second kappa shape index (κ2) is 19.3. The minimum atomic E-state index is -0.508. The number of hydrogen-bond acceptors (Lipinski definition) is 6.